The van der Waals surface area contributed by atoms with E-state index in [-0.39, 0.29) is 17.5 Å². The summed E-state index contributed by atoms with van der Waals surface area (Å²) in [5.74, 6) is 0.108. The number of carbonyl (C=O) groups excluding carboxylic acids is 2. The van der Waals surface area contributed by atoms with Gasteiger partial charge < -0.3 is 4.90 Å². The molecule has 156 valence electrons. The highest BCUT2D eigenvalue weighted by Crippen LogP contribution is 2.33. The zero-order chi connectivity index (χ0) is 21.7. The van der Waals surface area contributed by atoms with Gasteiger partial charge in [0.2, 0.25) is 0 Å². The van der Waals surface area contributed by atoms with Crippen LogP contribution in [0.3, 0.4) is 0 Å². The molecule has 0 radical (unpaired) electrons. The molecule has 0 aliphatic carbocycles. The number of likely N-dealkylation sites (N-methyl/N-ethyl adjacent to an activating group) is 2. The van der Waals surface area contributed by atoms with E-state index in [0.717, 1.165) is 16.8 Å². The number of hydrogen-bond acceptors (Lipinski definition) is 5. The van der Waals surface area contributed by atoms with E-state index in [4.69, 9.17) is 11.6 Å². The number of carbonyl (C=O) groups is 2. The maximum Gasteiger partial charge on any atom is 0.159 e. The molecule has 1 heterocycles. The van der Waals surface area contributed by atoms with Gasteiger partial charge in [0.25, 0.3) is 0 Å². The van der Waals surface area contributed by atoms with Crippen LogP contribution in [0.15, 0.2) is 42.7 Å². The topological polar surface area (TPSA) is 53.5 Å². The van der Waals surface area contributed by atoms with Crippen LogP contribution < -0.4 is 4.90 Å². The van der Waals surface area contributed by atoms with Gasteiger partial charge >= 0.3 is 0 Å². The summed E-state index contributed by atoms with van der Waals surface area (Å²) < 4.78 is 0. The SMILES string of the molecule is CCC(=O)C(c1cccnc1)N(C)c1cc(Cl)cc(C(C(=O)C(C)C)N(C)C)c1. The molecule has 1 aromatic carbocycles. The lowest BCUT2D eigenvalue weighted by Gasteiger charge is -2.31. The third-order valence-electron chi connectivity index (χ3n) is 5.02. The van der Waals surface area contributed by atoms with Crippen molar-refractivity contribution in [2.45, 2.75) is 39.3 Å². The summed E-state index contributed by atoms with van der Waals surface area (Å²) in [6.07, 6.45) is 3.81. The zero-order valence-corrected chi connectivity index (χ0v) is 18.8. The molecule has 0 aliphatic heterocycles. The number of anilines is 1. The van der Waals surface area contributed by atoms with E-state index in [1.165, 1.54) is 0 Å². The first-order valence-corrected chi connectivity index (χ1v) is 10.2. The van der Waals surface area contributed by atoms with Crippen LogP contribution in [0.4, 0.5) is 5.69 Å². The fourth-order valence-corrected chi connectivity index (χ4v) is 3.73. The number of ketones is 2. The maximum absolute atomic E-state index is 12.8. The first-order chi connectivity index (χ1) is 13.7. The number of halogens is 1. The van der Waals surface area contributed by atoms with Gasteiger partial charge in [0, 0.05) is 48.1 Å². The average Bonchev–Trinajstić information content (AvgIpc) is 2.68. The molecule has 1 aromatic heterocycles. The molecular weight excluding hydrogens is 386 g/mol. The minimum Gasteiger partial charge on any atom is -0.361 e. The van der Waals surface area contributed by atoms with E-state index in [9.17, 15) is 9.59 Å². The first kappa shape index (κ1) is 23.0. The Kier molecular flexibility index (Phi) is 7.94. The highest BCUT2D eigenvalue weighted by atomic mass is 35.5. The Morgan fingerprint density at radius 1 is 1.07 bits per heavy atom. The van der Waals surface area contributed by atoms with Crippen LogP contribution in [0, 0.1) is 5.92 Å². The van der Waals surface area contributed by atoms with Gasteiger partial charge in [-0.1, -0.05) is 38.4 Å². The number of aromatic nitrogens is 1. The van der Waals surface area contributed by atoms with Crippen molar-refractivity contribution in [1.82, 2.24) is 9.88 Å². The fraction of sp³-hybridized carbons (Fsp3) is 0.435. The second-order valence-corrected chi connectivity index (χ2v) is 8.22. The van der Waals surface area contributed by atoms with E-state index < -0.39 is 12.1 Å². The number of hydrogen-bond donors (Lipinski definition) is 0. The number of benzene rings is 1. The molecule has 0 saturated heterocycles. The maximum atomic E-state index is 12.8. The number of nitrogens with zero attached hydrogens (tertiary/aromatic N) is 3. The van der Waals surface area contributed by atoms with Crippen molar-refractivity contribution >= 4 is 28.9 Å². The molecule has 29 heavy (non-hydrogen) atoms. The van der Waals surface area contributed by atoms with Crippen molar-refractivity contribution in [2.24, 2.45) is 5.92 Å². The molecule has 0 amide bonds. The van der Waals surface area contributed by atoms with Crippen LogP contribution in [0.25, 0.3) is 0 Å². The average molecular weight is 416 g/mol. The molecule has 2 unspecified atom stereocenters. The van der Waals surface area contributed by atoms with Crippen LogP contribution in [0.1, 0.15) is 50.4 Å². The number of rotatable bonds is 9. The summed E-state index contributed by atoms with van der Waals surface area (Å²) in [7, 11) is 5.64. The Morgan fingerprint density at radius 2 is 1.76 bits per heavy atom. The van der Waals surface area contributed by atoms with Gasteiger partial charge in [-0.3, -0.25) is 19.5 Å². The quantitative estimate of drug-likeness (QED) is 0.593. The van der Waals surface area contributed by atoms with E-state index in [2.05, 4.69) is 4.98 Å². The highest BCUT2D eigenvalue weighted by Gasteiger charge is 2.28. The minimum atomic E-state index is -0.473. The first-order valence-electron chi connectivity index (χ1n) is 9.83. The molecule has 2 aromatic rings. The number of Topliss-reactive ketones (excluding diaryl/α,β-unsaturated/α-hetero) is 2. The molecule has 6 heteroatoms. The molecule has 0 saturated carbocycles. The van der Waals surface area contributed by atoms with Crippen molar-refractivity contribution in [3.8, 4) is 0 Å². The van der Waals surface area contributed by atoms with E-state index in [1.807, 2.05) is 82.0 Å². The Labute approximate surface area is 178 Å². The van der Waals surface area contributed by atoms with Gasteiger partial charge in [0.1, 0.15) is 6.04 Å². The number of pyridine rings is 1. The third-order valence-corrected chi connectivity index (χ3v) is 5.24. The van der Waals surface area contributed by atoms with Gasteiger partial charge in [0.15, 0.2) is 11.6 Å². The van der Waals surface area contributed by atoms with E-state index in [1.54, 1.807) is 12.4 Å². The second-order valence-electron chi connectivity index (χ2n) is 7.79. The summed E-state index contributed by atoms with van der Waals surface area (Å²) in [5, 5.41) is 0.529. The van der Waals surface area contributed by atoms with Crippen LogP contribution >= 0.6 is 11.6 Å². The van der Waals surface area contributed by atoms with Crippen molar-refractivity contribution in [1.29, 1.82) is 0 Å². The van der Waals surface area contributed by atoms with Crippen molar-refractivity contribution < 1.29 is 9.59 Å². The van der Waals surface area contributed by atoms with E-state index >= 15 is 0 Å². The molecule has 0 bridgehead atoms. The lowest BCUT2D eigenvalue weighted by Crippen LogP contribution is -2.32. The van der Waals surface area contributed by atoms with Gasteiger partial charge in [-0.05, 0) is 43.9 Å². The summed E-state index contributed by atoms with van der Waals surface area (Å²) in [6.45, 7) is 5.65. The molecule has 0 fully saturated rings. The van der Waals surface area contributed by atoms with Crippen molar-refractivity contribution in [2.75, 3.05) is 26.0 Å². The smallest absolute Gasteiger partial charge is 0.159 e. The molecule has 2 atom stereocenters. The zero-order valence-electron chi connectivity index (χ0n) is 18.0. The molecule has 0 spiro atoms. The van der Waals surface area contributed by atoms with Crippen LogP contribution in [-0.2, 0) is 9.59 Å². The lowest BCUT2D eigenvalue weighted by atomic mass is 9.93. The van der Waals surface area contributed by atoms with Crippen LogP contribution in [0.2, 0.25) is 5.02 Å². The van der Waals surface area contributed by atoms with E-state index in [0.29, 0.717) is 11.4 Å². The normalized spacial score (nSPS) is 13.4. The molecular formula is C23H30ClN3O2. The van der Waals surface area contributed by atoms with Crippen LogP contribution in [-0.4, -0.2) is 42.6 Å². The van der Waals surface area contributed by atoms with Gasteiger partial charge in [-0.2, -0.15) is 0 Å². The summed E-state index contributed by atoms with van der Waals surface area (Å²) in [4.78, 5) is 33.6. The largest absolute Gasteiger partial charge is 0.361 e. The summed E-state index contributed by atoms with van der Waals surface area (Å²) in [5.41, 5.74) is 2.43. The van der Waals surface area contributed by atoms with Gasteiger partial charge in [-0.25, -0.2) is 0 Å². The Hall–Kier alpha value is -2.24. The lowest BCUT2D eigenvalue weighted by molar-refractivity contribution is -0.126. The van der Waals surface area contributed by atoms with Crippen molar-refractivity contribution in [3.63, 3.8) is 0 Å². The Morgan fingerprint density at radius 3 is 2.28 bits per heavy atom. The predicted octanol–water partition coefficient (Wildman–Crippen LogP) is 4.72. The molecule has 2 rings (SSSR count). The summed E-state index contributed by atoms with van der Waals surface area (Å²) in [6, 6.07) is 8.44. The monoisotopic (exact) mass is 415 g/mol. The molecule has 0 N–H and O–H groups in total. The minimum absolute atomic E-state index is 0.0874. The van der Waals surface area contributed by atoms with Crippen molar-refractivity contribution in [3.05, 3.63) is 58.9 Å². The standard InChI is InChI=1S/C23H30ClN3O2/c1-7-20(28)21(16-9-8-10-25-14-16)27(6)19-12-17(11-18(24)13-19)22(26(4)5)23(29)15(2)3/h8-15,21-22H,7H2,1-6H3. The highest BCUT2D eigenvalue weighted by molar-refractivity contribution is 6.31. The Balaban J connectivity index is 2.53. The summed E-state index contributed by atoms with van der Waals surface area (Å²) >= 11 is 6.44. The van der Waals surface area contributed by atoms with Crippen LogP contribution in [0.5, 0.6) is 0 Å². The molecule has 0 aliphatic rings. The fourth-order valence-electron chi connectivity index (χ4n) is 3.50. The molecule has 5 nitrogen and oxygen atoms in total. The third kappa shape index (κ3) is 5.43. The van der Waals surface area contributed by atoms with Gasteiger partial charge in [-0.15, -0.1) is 0 Å². The second kappa shape index (κ2) is 9.99. The predicted molar refractivity (Wildman–Crippen MR) is 118 cm³/mol. The Bertz CT molecular complexity index is 852. The van der Waals surface area contributed by atoms with Gasteiger partial charge in [0.05, 0.1) is 6.04 Å².